The quantitative estimate of drug-likeness (QED) is 0.749. The molecule has 0 fully saturated rings. The lowest BCUT2D eigenvalue weighted by Crippen LogP contribution is -2.29. The number of nitrogens with one attached hydrogen (secondary N) is 2. The van der Waals surface area contributed by atoms with Gasteiger partial charge in [0.15, 0.2) is 0 Å². The molecule has 6 nitrogen and oxygen atoms in total. The molecule has 3 aromatic rings. The van der Waals surface area contributed by atoms with Crippen LogP contribution in [0.2, 0.25) is 0 Å². The van der Waals surface area contributed by atoms with Crippen molar-refractivity contribution < 1.29 is 4.79 Å². The summed E-state index contributed by atoms with van der Waals surface area (Å²) in [5, 5.41) is 6.74. The third-order valence-corrected chi connectivity index (χ3v) is 3.15. The number of amides is 1. The van der Waals surface area contributed by atoms with E-state index in [1.165, 1.54) is 6.33 Å². The zero-order valence-corrected chi connectivity index (χ0v) is 11.9. The number of carbonyl (C=O) groups is 1. The van der Waals surface area contributed by atoms with Gasteiger partial charge in [0, 0.05) is 11.6 Å². The molecule has 0 saturated carbocycles. The van der Waals surface area contributed by atoms with Crippen molar-refractivity contribution >= 4 is 22.6 Å². The molecule has 2 aromatic heterocycles. The Hall–Kier alpha value is -3.02. The number of aromatic nitrogens is 3. The molecule has 22 heavy (non-hydrogen) atoms. The van der Waals surface area contributed by atoms with Crippen molar-refractivity contribution in [2.75, 3.05) is 11.9 Å². The Labute approximate surface area is 127 Å². The number of carbonyl (C=O) groups excluding carboxylic acids is 1. The van der Waals surface area contributed by atoms with E-state index in [0.717, 1.165) is 16.6 Å². The number of hydrogen-bond donors (Lipinski definition) is 2. The molecule has 0 aliphatic heterocycles. The molecule has 0 radical (unpaired) electrons. The number of rotatable bonds is 5. The first-order valence-electron chi connectivity index (χ1n) is 6.93. The van der Waals surface area contributed by atoms with Crippen LogP contribution in [0.1, 0.15) is 5.69 Å². The second kappa shape index (κ2) is 6.62. The fourth-order valence-corrected chi connectivity index (χ4v) is 2.06. The van der Waals surface area contributed by atoms with Crippen molar-refractivity contribution in [2.45, 2.75) is 6.54 Å². The molecule has 0 unspecified atom stereocenters. The van der Waals surface area contributed by atoms with E-state index in [9.17, 15) is 4.79 Å². The maximum absolute atomic E-state index is 11.9. The third kappa shape index (κ3) is 3.35. The maximum atomic E-state index is 11.9. The average Bonchev–Trinajstić information content (AvgIpc) is 2.59. The lowest BCUT2D eigenvalue weighted by atomic mass is 10.2. The van der Waals surface area contributed by atoms with Gasteiger partial charge in [-0.15, -0.1) is 0 Å². The third-order valence-electron chi connectivity index (χ3n) is 3.15. The minimum atomic E-state index is -0.117. The lowest BCUT2D eigenvalue weighted by molar-refractivity contribution is -0.119. The van der Waals surface area contributed by atoms with E-state index in [4.69, 9.17) is 0 Å². The monoisotopic (exact) mass is 293 g/mol. The van der Waals surface area contributed by atoms with Crippen molar-refractivity contribution in [3.8, 4) is 0 Å². The van der Waals surface area contributed by atoms with E-state index < -0.39 is 0 Å². The fourth-order valence-electron chi connectivity index (χ4n) is 2.06. The second-order valence-electron chi connectivity index (χ2n) is 4.69. The van der Waals surface area contributed by atoms with Gasteiger partial charge in [-0.2, -0.15) is 0 Å². The summed E-state index contributed by atoms with van der Waals surface area (Å²) in [5.41, 5.74) is 1.66. The average molecular weight is 293 g/mol. The van der Waals surface area contributed by atoms with Gasteiger partial charge in [0.1, 0.15) is 12.1 Å². The van der Waals surface area contributed by atoms with E-state index >= 15 is 0 Å². The van der Waals surface area contributed by atoms with Crippen LogP contribution < -0.4 is 10.6 Å². The summed E-state index contributed by atoms with van der Waals surface area (Å²) in [6.45, 7) is 0.555. The molecular formula is C16H15N5O. The summed E-state index contributed by atoms with van der Waals surface area (Å²) in [5.74, 6) is 0.534. The normalized spacial score (nSPS) is 10.4. The summed E-state index contributed by atoms with van der Waals surface area (Å²) in [6, 6.07) is 13.3. The highest BCUT2D eigenvalue weighted by molar-refractivity contribution is 5.90. The van der Waals surface area contributed by atoms with Gasteiger partial charge in [-0.3, -0.25) is 9.78 Å². The van der Waals surface area contributed by atoms with Gasteiger partial charge < -0.3 is 10.6 Å². The summed E-state index contributed by atoms with van der Waals surface area (Å²) in [6.07, 6.45) is 3.18. The van der Waals surface area contributed by atoms with Crippen LogP contribution in [0.4, 0.5) is 5.82 Å². The first kappa shape index (κ1) is 13.9. The topological polar surface area (TPSA) is 79.8 Å². The molecule has 110 valence electrons. The zero-order valence-electron chi connectivity index (χ0n) is 11.9. The van der Waals surface area contributed by atoms with E-state index in [-0.39, 0.29) is 12.5 Å². The van der Waals surface area contributed by atoms with Crippen LogP contribution in [0.3, 0.4) is 0 Å². The highest BCUT2D eigenvalue weighted by Gasteiger charge is 2.05. The molecule has 0 aliphatic carbocycles. The summed E-state index contributed by atoms with van der Waals surface area (Å²) < 4.78 is 0. The lowest BCUT2D eigenvalue weighted by Gasteiger charge is -2.08. The van der Waals surface area contributed by atoms with Crippen LogP contribution in [-0.2, 0) is 11.3 Å². The van der Waals surface area contributed by atoms with Crippen molar-refractivity contribution in [3.63, 3.8) is 0 Å². The zero-order chi connectivity index (χ0) is 15.2. The smallest absolute Gasteiger partial charge is 0.239 e. The largest absolute Gasteiger partial charge is 0.360 e. The van der Waals surface area contributed by atoms with Gasteiger partial charge in [0.05, 0.1) is 24.3 Å². The molecular weight excluding hydrogens is 278 g/mol. The number of pyridine rings is 1. The SMILES string of the molecule is O=C(CNc1ncnc2ccccc12)NCc1ccccn1. The fraction of sp³-hybridized carbons (Fsp3) is 0.125. The predicted molar refractivity (Wildman–Crippen MR) is 84.1 cm³/mol. The minimum absolute atomic E-state index is 0.117. The van der Waals surface area contributed by atoms with E-state index in [2.05, 4.69) is 25.6 Å². The Balaban J connectivity index is 1.58. The number of nitrogens with zero attached hydrogens (tertiary/aromatic N) is 3. The van der Waals surface area contributed by atoms with E-state index in [0.29, 0.717) is 12.4 Å². The van der Waals surface area contributed by atoms with Gasteiger partial charge in [-0.05, 0) is 24.3 Å². The first-order valence-corrected chi connectivity index (χ1v) is 6.93. The number of para-hydroxylation sites is 1. The molecule has 3 rings (SSSR count). The van der Waals surface area contributed by atoms with Crippen LogP contribution in [0, 0.1) is 0 Å². The van der Waals surface area contributed by atoms with Crippen molar-refractivity contribution in [3.05, 3.63) is 60.7 Å². The number of fused-ring (bicyclic) bond motifs is 1. The number of anilines is 1. The molecule has 0 atom stereocenters. The summed E-state index contributed by atoms with van der Waals surface area (Å²) in [7, 11) is 0. The first-order chi connectivity index (χ1) is 10.8. The van der Waals surface area contributed by atoms with Gasteiger partial charge >= 0.3 is 0 Å². The molecule has 2 N–H and O–H groups in total. The highest BCUT2D eigenvalue weighted by atomic mass is 16.1. The Morgan fingerprint density at radius 3 is 2.73 bits per heavy atom. The Morgan fingerprint density at radius 2 is 1.86 bits per heavy atom. The van der Waals surface area contributed by atoms with Gasteiger partial charge in [0.2, 0.25) is 5.91 Å². The predicted octanol–water partition coefficient (Wildman–Crippen LogP) is 1.75. The van der Waals surface area contributed by atoms with Crippen LogP contribution in [0.25, 0.3) is 10.9 Å². The van der Waals surface area contributed by atoms with Gasteiger partial charge in [0.25, 0.3) is 0 Å². The number of hydrogen-bond acceptors (Lipinski definition) is 5. The van der Waals surface area contributed by atoms with E-state index in [1.54, 1.807) is 6.20 Å². The molecule has 0 bridgehead atoms. The molecule has 0 aliphatic rings. The highest BCUT2D eigenvalue weighted by Crippen LogP contribution is 2.17. The van der Waals surface area contributed by atoms with Crippen LogP contribution in [0.5, 0.6) is 0 Å². The van der Waals surface area contributed by atoms with Gasteiger partial charge in [-0.1, -0.05) is 18.2 Å². The molecule has 0 spiro atoms. The Bertz CT molecular complexity index is 770. The Kier molecular flexibility index (Phi) is 4.20. The molecule has 1 aromatic carbocycles. The van der Waals surface area contributed by atoms with E-state index in [1.807, 2.05) is 42.5 Å². The molecule has 1 amide bonds. The Morgan fingerprint density at radius 1 is 1.00 bits per heavy atom. The molecule has 2 heterocycles. The van der Waals surface area contributed by atoms with Crippen molar-refractivity contribution in [1.29, 1.82) is 0 Å². The summed E-state index contributed by atoms with van der Waals surface area (Å²) >= 11 is 0. The van der Waals surface area contributed by atoms with Crippen LogP contribution in [-0.4, -0.2) is 27.4 Å². The molecule has 0 saturated heterocycles. The molecule has 6 heteroatoms. The second-order valence-corrected chi connectivity index (χ2v) is 4.69. The van der Waals surface area contributed by atoms with Crippen LogP contribution in [0.15, 0.2) is 55.0 Å². The van der Waals surface area contributed by atoms with Crippen LogP contribution >= 0.6 is 0 Å². The number of benzene rings is 1. The standard InChI is InChI=1S/C16H15N5O/c22-15(18-9-12-5-3-4-8-17-12)10-19-16-13-6-1-2-7-14(13)20-11-21-16/h1-8,11H,9-10H2,(H,18,22)(H,19,20,21). The van der Waals surface area contributed by atoms with Crippen molar-refractivity contribution in [1.82, 2.24) is 20.3 Å². The maximum Gasteiger partial charge on any atom is 0.239 e. The van der Waals surface area contributed by atoms with Crippen molar-refractivity contribution in [2.24, 2.45) is 0 Å². The van der Waals surface area contributed by atoms with Gasteiger partial charge in [-0.25, -0.2) is 9.97 Å². The summed E-state index contributed by atoms with van der Waals surface area (Å²) in [4.78, 5) is 24.4. The minimum Gasteiger partial charge on any atom is -0.360 e.